The molecule has 3 nitrogen and oxygen atoms in total. The van der Waals surface area contributed by atoms with E-state index >= 15 is 0 Å². The Bertz CT molecular complexity index is 758. The van der Waals surface area contributed by atoms with Gasteiger partial charge in [0.15, 0.2) is 0 Å². The zero-order chi connectivity index (χ0) is 21.4. The number of piperidine rings is 1. The molecule has 4 N–H and O–H groups in total. The van der Waals surface area contributed by atoms with E-state index in [1.807, 2.05) is 0 Å². The minimum Gasteiger partial charge on any atom is -0.330 e. The second-order valence-corrected chi connectivity index (χ2v) is 7.53. The molecule has 29 heavy (non-hydrogen) atoms. The van der Waals surface area contributed by atoms with Gasteiger partial charge in [-0.05, 0) is 68.2 Å². The highest BCUT2D eigenvalue weighted by Crippen LogP contribution is 2.38. The summed E-state index contributed by atoms with van der Waals surface area (Å²) in [6.07, 6.45) is -2.07. The van der Waals surface area contributed by atoms with Gasteiger partial charge in [-0.25, -0.2) is 4.39 Å². The number of nitrogens with zero attached hydrogens (tertiary/aromatic N) is 1. The van der Waals surface area contributed by atoms with Crippen molar-refractivity contribution in [2.45, 2.75) is 23.9 Å². The fourth-order valence-corrected chi connectivity index (χ4v) is 3.46. The smallest absolute Gasteiger partial charge is 0.330 e. The van der Waals surface area contributed by atoms with E-state index in [-0.39, 0.29) is 5.56 Å². The van der Waals surface area contributed by atoms with Crippen LogP contribution in [0, 0.1) is 11.7 Å². The lowest BCUT2D eigenvalue weighted by Gasteiger charge is -2.30. The van der Waals surface area contributed by atoms with Gasteiger partial charge >= 0.3 is 6.18 Å². The van der Waals surface area contributed by atoms with Crippen LogP contribution in [-0.4, -0.2) is 37.6 Å². The third-order valence-electron chi connectivity index (χ3n) is 4.96. The topological polar surface area (TPSA) is 55.3 Å². The highest BCUT2D eigenvalue weighted by atomic mass is 32.1. The maximum absolute atomic E-state index is 13.6. The monoisotopic (exact) mass is 429 g/mol. The number of benzene rings is 2. The lowest BCUT2D eigenvalue weighted by atomic mass is 9.97. The average molecular weight is 430 g/mol. The van der Waals surface area contributed by atoms with Crippen LogP contribution < -0.4 is 11.5 Å². The van der Waals surface area contributed by atoms with Crippen LogP contribution in [0.4, 0.5) is 17.6 Å². The molecule has 0 spiro atoms. The first-order valence-electron chi connectivity index (χ1n) is 9.53. The number of likely N-dealkylation sites (tertiary alicyclic amines) is 1. The molecule has 8 heteroatoms. The van der Waals surface area contributed by atoms with Crippen molar-refractivity contribution in [2.75, 3.05) is 32.7 Å². The Morgan fingerprint density at radius 1 is 1.00 bits per heavy atom. The van der Waals surface area contributed by atoms with Gasteiger partial charge in [0.05, 0.1) is 5.56 Å². The third-order valence-corrected chi connectivity index (χ3v) is 5.26. The van der Waals surface area contributed by atoms with Crippen LogP contribution in [-0.2, 0) is 6.18 Å². The van der Waals surface area contributed by atoms with Crippen molar-refractivity contribution in [3.8, 4) is 11.1 Å². The Balaban J connectivity index is 0.000000234. The molecule has 1 saturated heterocycles. The van der Waals surface area contributed by atoms with E-state index in [2.05, 4.69) is 17.5 Å². The molecule has 1 fully saturated rings. The Morgan fingerprint density at radius 2 is 1.62 bits per heavy atom. The number of hydrogen-bond donors (Lipinski definition) is 3. The maximum Gasteiger partial charge on any atom is 0.417 e. The van der Waals surface area contributed by atoms with Gasteiger partial charge in [-0.3, -0.25) is 0 Å². The molecule has 0 unspecified atom stereocenters. The summed E-state index contributed by atoms with van der Waals surface area (Å²) in [5.41, 5.74) is 9.81. The molecule has 0 radical (unpaired) electrons. The fourth-order valence-electron chi connectivity index (χ4n) is 3.31. The third kappa shape index (κ3) is 6.99. The molecule has 2 aromatic carbocycles. The van der Waals surface area contributed by atoms with E-state index in [1.165, 1.54) is 50.2 Å². The molecule has 0 aromatic heterocycles. The molecule has 0 atom stereocenters. The molecule has 0 aliphatic carbocycles. The Morgan fingerprint density at radius 3 is 2.14 bits per heavy atom. The predicted molar refractivity (Wildman–Crippen MR) is 111 cm³/mol. The van der Waals surface area contributed by atoms with E-state index in [9.17, 15) is 17.6 Å². The van der Waals surface area contributed by atoms with Crippen molar-refractivity contribution in [2.24, 2.45) is 17.4 Å². The van der Waals surface area contributed by atoms with Crippen LogP contribution in [0.25, 0.3) is 11.1 Å². The number of thiol groups is 1. The van der Waals surface area contributed by atoms with Gasteiger partial charge < -0.3 is 16.4 Å². The minimum atomic E-state index is -4.59. The van der Waals surface area contributed by atoms with Crippen LogP contribution in [0.15, 0.2) is 47.4 Å². The van der Waals surface area contributed by atoms with Crippen molar-refractivity contribution < 1.29 is 17.6 Å². The number of alkyl halides is 3. The Labute approximate surface area is 174 Å². The van der Waals surface area contributed by atoms with E-state index < -0.39 is 23.1 Å². The average Bonchev–Trinajstić information content (AvgIpc) is 2.69. The minimum absolute atomic E-state index is 0.179. The van der Waals surface area contributed by atoms with Crippen molar-refractivity contribution in [1.29, 1.82) is 0 Å². The number of hydrogen-bond acceptors (Lipinski definition) is 4. The van der Waals surface area contributed by atoms with Crippen molar-refractivity contribution >= 4 is 12.6 Å². The standard InChI is InChI=1S/C13H8F4S.C8H19N3/c14-11-3-1-2-10(13(15,16)17)12(11)8-4-6-9(18)7-5-8;9-3-6-11-4-1-8(7-10)2-5-11/h1-7,18H;8H,1-7,9-10H2. The Kier molecular flexibility index (Phi) is 8.95. The molecule has 3 rings (SSSR count). The summed E-state index contributed by atoms with van der Waals surface area (Å²) >= 11 is 4.04. The molecule has 1 heterocycles. The van der Waals surface area contributed by atoms with Crippen LogP contribution in [0.3, 0.4) is 0 Å². The van der Waals surface area contributed by atoms with Crippen molar-refractivity contribution in [1.82, 2.24) is 4.90 Å². The molecular formula is C21H27F4N3S. The molecular weight excluding hydrogens is 402 g/mol. The second-order valence-electron chi connectivity index (χ2n) is 7.02. The predicted octanol–water partition coefficient (Wildman–Crippen LogP) is 4.42. The molecule has 0 saturated carbocycles. The first kappa shape index (κ1) is 23.7. The lowest BCUT2D eigenvalue weighted by Crippen LogP contribution is -2.38. The zero-order valence-electron chi connectivity index (χ0n) is 16.1. The molecule has 0 bridgehead atoms. The van der Waals surface area contributed by atoms with Gasteiger partial charge in [-0.2, -0.15) is 13.2 Å². The highest BCUT2D eigenvalue weighted by molar-refractivity contribution is 7.80. The summed E-state index contributed by atoms with van der Waals surface area (Å²) in [4.78, 5) is 3.02. The van der Waals surface area contributed by atoms with E-state index in [0.29, 0.717) is 4.90 Å². The van der Waals surface area contributed by atoms with Gasteiger partial charge in [0.1, 0.15) is 5.82 Å². The van der Waals surface area contributed by atoms with Crippen molar-refractivity contribution in [3.05, 3.63) is 53.8 Å². The van der Waals surface area contributed by atoms with Gasteiger partial charge in [-0.15, -0.1) is 12.6 Å². The molecule has 160 valence electrons. The van der Waals surface area contributed by atoms with E-state index in [0.717, 1.165) is 43.8 Å². The van der Waals surface area contributed by atoms with Crippen LogP contribution >= 0.6 is 12.6 Å². The molecule has 2 aromatic rings. The van der Waals surface area contributed by atoms with E-state index in [4.69, 9.17) is 11.5 Å². The van der Waals surface area contributed by atoms with Gasteiger partial charge in [-0.1, -0.05) is 18.2 Å². The summed E-state index contributed by atoms with van der Waals surface area (Å²) in [7, 11) is 0. The quantitative estimate of drug-likeness (QED) is 0.498. The van der Waals surface area contributed by atoms with Crippen molar-refractivity contribution in [3.63, 3.8) is 0 Å². The maximum atomic E-state index is 13.6. The van der Waals surface area contributed by atoms with Crippen LogP contribution in [0.5, 0.6) is 0 Å². The zero-order valence-corrected chi connectivity index (χ0v) is 17.0. The number of halogens is 4. The van der Waals surface area contributed by atoms with Gasteiger partial charge in [0.25, 0.3) is 0 Å². The Hall–Kier alpha value is -1.61. The normalized spacial score (nSPS) is 15.7. The van der Waals surface area contributed by atoms with Gasteiger partial charge in [0, 0.05) is 23.5 Å². The highest BCUT2D eigenvalue weighted by Gasteiger charge is 2.34. The largest absolute Gasteiger partial charge is 0.417 e. The summed E-state index contributed by atoms with van der Waals surface area (Å²) < 4.78 is 52.1. The number of nitrogens with two attached hydrogens (primary N) is 2. The summed E-state index contributed by atoms with van der Waals surface area (Å²) in [6.45, 7) is 5.08. The van der Waals surface area contributed by atoms with Gasteiger partial charge in [0.2, 0.25) is 0 Å². The summed E-state index contributed by atoms with van der Waals surface area (Å²) in [6, 6.07) is 8.79. The molecule has 0 amide bonds. The molecule has 1 aliphatic heterocycles. The summed E-state index contributed by atoms with van der Waals surface area (Å²) in [5.74, 6) is -0.124. The summed E-state index contributed by atoms with van der Waals surface area (Å²) in [5, 5.41) is 0. The first-order chi connectivity index (χ1) is 13.8. The fraction of sp³-hybridized carbons (Fsp3) is 0.429. The van der Waals surface area contributed by atoms with Crippen LogP contribution in [0.1, 0.15) is 18.4 Å². The lowest BCUT2D eigenvalue weighted by molar-refractivity contribution is -0.137. The molecule has 1 aliphatic rings. The van der Waals surface area contributed by atoms with Crippen LogP contribution in [0.2, 0.25) is 0 Å². The SMILES string of the molecule is Fc1cccc(C(F)(F)F)c1-c1ccc(S)cc1.NCCN1CCC(CN)CC1. The van der Waals surface area contributed by atoms with E-state index in [1.54, 1.807) is 0 Å². The number of rotatable bonds is 4. The first-order valence-corrected chi connectivity index (χ1v) is 9.98. The second kappa shape index (κ2) is 11.0.